The lowest BCUT2D eigenvalue weighted by Gasteiger charge is -2.09. The standard InChI is InChI=1S/C13H13FN2/c1-9-2-7-13(12(15)8-9)16-11-5-3-10(14)4-6-11/h2-8,16H,15H2,1H3. The molecule has 0 saturated carbocycles. The van der Waals surface area contributed by atoms with Crippen LogP contribution in [0.4, 0.5) is 21.5 Å². The largest absolute Gasteiger partial charge is 0.397 e. The van der Waals surface area contributed by atoms with Gasteiger partial charge in [0.25, 0.3) is 0 Å². The van der Waals surface area contributed by atoms with Gasteiger partial charge in [-0.25, -0.2) is 4.39 Å². The molecule has 0 heterocycles. The van der Waals surface area contributed by atoms with Gasteiger partial charge in [-0.15, -0.1) is 0 Å². The molecule has 0 aromatic heterocycles. The highest BCUT2D eigenvalue weighted by molar-refractivity contribution is 5.72. The minimum Gasteiger partial charge on any atom is -0.397 e. The molecular weight excluding hydrogens is 203 g/mol. The Labute approximate surface area is 93.9 Å². The Kier molecular flexibility index (Phi) is 2.77. The van der Waals surface area contributed by atoms with Crippen molar-refractivity contribution in [3.63, 3.8) is 0 Å². The van der Waals surface area contributed by atoms with Gasteiger partial charge in [0.1, 0.15) is 5.82 Å². The number of hydrogen-bond donors (Lipinski definition) is 2. The summed E-state index contributed by atoms with van der Waals surface area (Å²) in [5.41, 5.74) is 9.31. The van der Waals surface area contributed by atoms with E-state index in [0.29, 0.717) is 5.69 Å². The minimum absolute atomic E-state index is 0.248. The number of nitrogen functional groups attached to an aromatic ring is 1. The fourth-order valence-electron chi connectivity index (χ4n) is 1.48. The fourth-order valence-corrected chi connectivity index (χ4v) is 1.48. The lowest BCUT2D eigenvalue weighted by molar-refractivity contribution is 0.628. The Morgan fingerprint density at radius 2 is 1.75 bits per heavy atom. The van der Waals surface area contributed by atoms with Gasteiger partial charge >= 0.3 is 0 Å². The van der Waals surface area contributed by atoms with E-state index in [1.807, 2.05) is 25.1 Å². The Morgan fingerprint density at radius 3 is 2.38 bits per heavy atom. The smallest absolute Gasteiger partial charge is 0.123 e. The predicted molar refractivity (Wildman–Crippen MR) is 65.3 cm³/mol. The van der Waals surface area contributed by atoms with Crippen molar-refractivity contribution >= 4 is 17.1 Å². The topological polar surface area (TPSA) is 38.0 Å². The van der Waals surface area contributed by atoms with Crippen LogP contribution in [0.15, 0.2) is 42.5 Å². The maximum absolute atomic E-state index is 12.7. The van der Waals surface area contributed by atoms with Gasteiger partial charge in [0.05, 0.1) is 11.4 Å². The van der Waals surface area contributed by atoms with E-state index in [-0.39, 0.29) is 5.82 Å². The van der Waals surface area contributed by atoms with Gasteiger partial charge in [0.15, 0.2) is 0 Å². The molecule has 0 aliphatic heterocycles. The Hall–Kier alpha value is -2.03. The van der Waals surface area contributed by atoms with Crippen molar-refractivity contribution < 1.29 is 4.39 Å². The van der Waals surface area contributed by atoms with E-state index in [1.165, 1.54) is 12.1 Å². The van der Waals surface area contributed by atoms with Crippen LogP contribution in [-0.4, -0.2) is 0 Å². The molecule has 0 saturated heterocycles. The molecule has 82 valence electrons. The van der Waals surface area contributed by atoms with Gasteiger partial charge in [-0.05, 0) is 48.9 Å². The van der Waals surface area contributed by atoms with Crippen molar-refractivity contribution in [2.75, 3.05) is 11.1 Å². The molecule has 16 heavy (non-hydrogen) atoms. The quantitative estimate of drug-likeness (QED) is 0.754. The maximum atomic E-state index is 12.7. The average Bonchev–Trinajstić information content (AvgIpc) is 2.25. The number of hydrogen-bond acceptors (Lipinski definition) is 2. The summed E-state index contributed by atoms with van der Waals surface area (Å²) >= 11 is 0. The third-order valence-corrected chi connectivity index (χ3v) is 2.33. The zero-order valence-electron chi connectivity index (χ0n) is 9.00. The lowest BCUT2D eigenvalue weighted by Crippen LogP contribution is -1.96. The van der Waals surface area contributed by atoms with Gasteiger partial charge in [-0.3, -0.25) is 0 Å². The van der Waals surface area contributed by atoms with Crippen LogP contribution in [0.2, 0.25) is 0 Å². The Balaban J connectivity index is 2.23. The normalized spacial score (nSPS) is 10.1. The maximum Gasteiger partial charge on any atom is 0.123 e. The van der Waals surface area contributed by atoms with Crippen molar-refractivity contribution in [1.29, 1.82) is 0 Å². The second kappa shape index (κ2) is 4.23. The van der Waals surface area contributed by atoms with Crippen molar-refractivity contribution in [2.24, 2.45) is 0 Å². The number of nitrogens with one attached hydrogen (secondary N) is 1. The number of benzene rings is 2. The van der Waals surface area contributed by atoms with E-state index in [1.54, 1.807) is 12.1 Å². The van der Waals surface area contributed by atoms with Crippen LogP contribution in [0.25, 0.3) is 0 Å². The first-order valence-electron chi connectivity index (χ1n) is 5.04. The zero-order chi connectivity index (χ0) is 11.5. The van der Waals surface area contributed by atoms with Crippen molar-refractivity contribution in [2.45, 2.75) is 6.92 Å². The summed E-state index contributed by atoms with van der Waals surface area (Å²) in [6.07, 6.45) is 0. The highest BCUT2D eigenvalue weighted by Crippen LogP contribution is 2.23. The summed E-state index contributed by atoms with van der Waals surface area (Å²) in [5, 5.41) is 3.13. The predicted octanol–water partition coefficient (Wildman–Crippen LogP) is 3.46. The summed E-state index contributed by atoms with van der Waals surface area (Å²) in [6, 6.07) is 11.9. The molecule has 3 N–H and O–H groups in total. The Bertz CT molecular complexity index is 492. The van der Waals surface area contributed by atoms with E-state index in [4.69, 9.17) is 5.73 Å². The number of aryl methyl sites for hydroxylation is 1. The van der Waals surface area contributed by atoms with Crippen LogP contribution in [0, 0.1) is 12.7 Å². The SMILES string of the molecule is Cc1ccc(Nc2ccc(F)cc2)c(N)c1. The molecule has 0 amide bonds. The number of anilines is 3. The molecule has 0 bridgehead atoms. The summed E-state index contributed by atoms with van der Waals surface area (Å²) in [7, 11) is 0. The second-order valence-corrected chi connectivity index (χ2v) is 3.72. The monoisotopic (exact) mass is 216 g/mol. The van der Waals surface area contributed by atoms with Crippen LogP contribution in [0.3, 0.4) is 0 Å². The van der Waals surface area contributed by atoms with Crippen molar-refractivity contribution in [3.8, 4) is 0 Å². The molecule has 0 radical (unpaired) electrons. The van der Waals surface area contributed by atoms with E-state index in [9.17, 15) is 4.39 Å². The minimum atomic E-state index is -0.248. The Morgan fingerprint density at radius 1 is 1.06 bits per heavy atom. The first-order chi connectivity index (χ1) is 7.65. The highest BCUT2D eigenvalue weighted by Gasteiger charge is 1.99. The lowest BCUT2D eigenvalue weighted by atomic mass is 10.2. The second-order valence-electron chi connectivity index (χ2n) is 3.72. The zero-order valence-corrected chi connectivity index (χ0v) is 9.00. The van der Waals surface area contributed by atoms with E-state index >= 15 is 0 Å². The van der Waals surface area contributed by atoms with Gasteiger partial charge in [-0.1, -0.05) is 6.07 Å². The molecule has 0 aliphatic carbocycles. The molecule has 0 spiro atoms. The first kappa shape index (κ1) is 10.5. The molecular formula is C13H13FN2. The summed E-state index contributed by atoms with van der Waals surface area (Å²) in [6.45, 7) is 1.98. The molecule has 0 aliphatic rings. The average molecular weight is 216 g/mol. The summed E-state index contributed by atoms with van der Waals surface area (Å²) in [5.74, 6) is -0.248. The van der Waals surface area contributed by atoms with Crippen LogP contribution in [0.1, 0.15) is 5.56 Å². The molecule has 2 aromatic carbocycles. The molecule has 2 rings (SSSR count). The molecule has 2 nitrogen and oxygen atoms in total. The summed E-state index contributed by atoms with van der Waals surface area (Å²) < 4.78 is 12.7. The molecule has 0 fully saturated rings. The third kappa shape index (κ3) is 2.31. The molecule has 3 heteroatoms. The molecule has 0 unspecified atom stereocenters. The van der Waals surface area contributed by atoms with Gasteiger partial charge < -0.3 is 11.1 Å². The van der Waals surface area contributed by atoms with Gasteiger partial charge in [0, 0.05) is 5.69 Å². The fraction of sp³-hybridized carbons (Fsp3) is 0.0769. The van der Waals surface area contributed by atoms with E-state index < -0.39 is 0 Å². The first-order valence-corrected chi connectivity index (χ1v) is 5.04. The summed E-state index contributed by atoms with van der Waals surface area (Å²) in [4.78, 5) is 0. The number of nitrogens with two attached hydrogens (primary N) is 1. The van der Waals surface area contributed by atoms with E-state index in [2.05, 4.69) is 5.32 Å². The number of rotatable bonds is 2. The van der Waals surface area contributed by atoms with Gasteiger partial charge in [0.2, 0.25) is 0 Å². The third-order valence-electron chi connectivity index (χ3n) is 2.33. The van der Waals surface area contributed by atoms with E-state index in [0.717, 1.165) is 16.9 Å². The van der Waals surface area contributed by atoms with Gasteiger partial charge in [-0.2, -0.15) is 0 Å². The van der Waals surface area contributed by atoms with Crippen LogP contribution < -0.4 is 11.1 Å². The van der Waals surface area contributed by atoms with Crippen molar-refractivity contribution in [3.05, 3.63) is 53.8 Å². The van der Waals surface area contributed by atoms with Crippen LogP contribution in [-0.2, 0) is 0 Å². The highest BCUT2D eigenvalue weighted by atomic mass is 19.1. The van der Waals surface area contributed by atoms with Crippen molar-refractivity contribution in [1.82, 2.24) is 0 Å². The molecule has 0 atom stereocenters. The number of halogens is 1. The van der Waals surface area contributed by atoms with Crippen LogP contribution in [0.5, 0.6) is 0 Å². The van der Waals surface area contributed by atoms with Crippen LogP contribution >= 0.6 is 0 Å². The molecule has 2 aromatic rings.